The summed E-state index contributed by atoms with van der Waals surface area (Å²) in [6, 6.07) is 9.67. The monoisotopic (exact) mass is 337 g/mol. The fourth-order valence-corrected chi connectivity index (χ4v) is 4.61. The van der Waals surface area contributed by atoms with Crippen LogP contribution in [0.1, 0.15) is 12.0 Å². The molecule has 0 spiro atoms. The standard InChI is InChI=1S/C15H19N3O2S2/c19-22(20,11-7-13-4-2-1-3-5-13)17-14-6-9-18(12-14)15-16-8-10-21-15/h1-5,8,10,14,17H,6-7,9,11-12H2/t14-/m1/s1. The SMILES string of the molecule is O=S(=O)(CCc1ccccc1)N[C@@H]1CCN(c2nccs2)C1. The van der Waals surface area contributed by atoms with Gasteiger partial charge in [0.15, 0.2) is 5.13 Å². The third kappa shape index (κ3) is 4.06. The molecule has 1 N–H and O–H groups in total. The van der Waals surface area contributed by atoms with Crippen molar-refractivity contribution in [3.8, 4) is 0 Å². The number of rotatable bonds is 6. The van der Waals surface area contributed by atoms with Gasteiger partial charge in [0.25, 0.3) is 0 Å². The molecule has 0 radical (unpaired) electrons. The van der Waals surface area contributed by atoms with Crippen LogP contribution in [0.2, 0.25) is 0 Å². The van der Waals surface area contributed by atoms with Gasteiger partial charge in [-0.2, -0.15) is 0 Å². The van der Waals surface area contributed by atoms with E-state index in [9.17, 15) is 8.42 Å². The predicted octanol–water partition coefficient (Wildman–Crippen LogP) is 1.88. The number of anilines is 1. The molecule has 0 saturated carbocycles. The third-order valence-corrected chi connectivity index (χ3v) is 5.99. The van der Waals surface area contributed by atoms with Gasteiger partial charge in [0.2, 0.25) is 10.0 Å². The van der Waals surface area contributed by atoms with Crippen LogP contribution in [0, 0.1) is 0 Å². The Kier molecular flexibility index (Phi) is 4.75. The molecule has 22 heavy (non-hydrogen) atoms. The molecule has 0 aliphatic carbocycles. The van der Waals surface area contributed by atoms with Crippen molar-refractivity contribution in [2.75, 3.05) is 23.7 Å². The lowest BCUT2D eigenvalue weighted by Gasteiger charge is -2.16. The van der Waals surface area contributed by atoms with Gasteiger partial charge in [-0.25, -0.2) is 18.1 Å². The van der Waals surface area contributed by atoms with Gasteiger partial charge in [-0.3, -0.25) is 0 Å². The van der Waals surface area contributed by atoms with Gasteiger partial charge in [0.05, 0.1) is 5.75 Å². The highest BCUT2D eigenvalue weighted by Crippen LogP contribution is 2.22. The Morgan fingerprint density at radius 3 is 2.86 bits per heavy atom. The minimum absolute atomic E-state index is 0.0235. The first kappa shape index (κ1) is 15.5. The Balaban J connectivity index is 1.52. The molecule has 0 bridgehead atoms. The molecular formula is C15H19N3O2S2. The number of hydrogen-bond donors (Lipinski definition) is 1. The summed E-state index contributed by atoms with van der Waals surface area (Å²) < 4.78 is 27.2. The second-order valence-corrected chi connectivity index (χ2v) is 8.17. The zero-order valence-corrected chi connectivity index (χ0v) is 13.8. The van der Waals surface area contributed by atoms with Gasteiger partial charge in [-0.05, 0) is 18.4 Å². The van der Waals surface area contributed by atoms with Crippen molar-refractivity contribution in [3.05, 3.63) is 47.5 Å². The smallest absolute Gasteiger partial charge is 0.212 e. The van der Waals surface area contributed by atoms with E-state index in [0.717, 1.165) is 23.7 Å². The van der Waals surface area contributed by atoms with Crippen molar-refractivity contribution < 1.29 is 8.42 Å². The molecule has 1 saturated heterocycles. The van der Waals surface area contributed by atoms with Crippen LogP contribution < -0.4 is 9.62 Å². The number of nitrogens with zero attached hydrogens (tertiary/aromatic N) is 2. The van der Waals surface area contributed by atoms with E-state index in [1.807, 2.05) is 35.7 Å². The van der Waals surface area contributed by atoms with Gasteiger partial charge in [-0.15, -0.1) is 11.3 Å². The maximum Gasteiger partial charge on any atom is 0.212 e. The van der Waals surface area contributed by atoms with E-state index >= 15 is 0 Å². The van der Waals surface area contributed by atoms with Crippen LogP contribution in [0.4, 0.5) is 5.13 Å². The minimum atomic E-state index is -3.25. The third-order valence-electron chi connectivity index (χ3n) is 3.73. The van der Waals surface area contributed by atoms with Crippen molar-refractivity contribution in [1.29, 1.82) is 0 Å². The molecule has 2 heterocycles. The first-order valence-corrected chi connectivity index (χ1v) is 9.84. The predicted molar refractivity (Wildman–Crippen MR) is 89.8 cm³/mol. The summed E-state index contributed by atoms with van der Waals surface area (Å²) >= 11 is 1.59. The highest BCUT2D eigenvalue weighted by atomic mass is 32.2. The summed E-state index contributed by atoms with van der Waals surface area (Å²) in [5.74, 6) is 0.130. The molecule has 1 atom stereocenters. The van der Waals surface area contributed by atoms with Crippen LogP contribution >= 0.6 is 11.3 Å². The van der Waals surface area contributed by atoms with Crippen molar-refractivity contribution >= 4 is 26.5 Å². The minimum Gasteiger partial charge on any atom is -0.346 e. The topological polar surface area (TPSA) is 62.3 Å². The van der Waals surface area contributed by atoms with Crippen molar-refractivity contribution in [2.24, 2.45) is 0 Å². The summed E-state index contributed by atoms with van der Waals surface area (Å²) in [5, 5.41) is 2.90. The molecule has 1 aromatic carbocycles. The number of nitrogens with one attached hydrogen (secondary N) is 1. The average molecular weight is 337 g/mol. The van der Waals surface area contributed by atoms with Crippen molar-refractivity contribution in [1.82, 2.24) is 9.71 Å². The van der Waals surface area contributed by atoms with Gasteiger partial charge in [0.1, 0.15) is 0 Å². The second kappa shape index (κ2) is 6.76. The summed E-state index contributed by atoms with van der Waals surface area (Å²) in [6.45, 7) is 1.54. The molecule has 2 aromatic rings. The highest BCUT2D eigenvalue weighted by Gasteiger charge is 2.27. The first-order chi connectivity index (χ1) is 10.6. The number of benzene rings is 1. The van der Waals surface area contributed by atoms with Crippen LogP contribution in [0.5, 0.6) is 0 Å². The lowest BCUT2D eigenvalue weighted by Crippen LogP contribution is -2.38. The van der Waals surface area contributed by atoms with Crippen LogP contribution in [0.15, 0.2) is 41.9 Å². The summed E-state index contributed by atoms with van der Waals surface area (Å²) in [4.78, 5) is 6.41. The summed E-state index contributed by atoms with van der Waals surface area (Å²) in [5.41, 5.74) is 1.05. The maximum absolute atomic E-state index is 12.2. The summed E-state index contributed by atoms with van der Waals surface area (Å²) in [7, 11) is -3.25. The Morgan fingerprint density at radius 2 is 2.14 bits per heavy atom. The molecule has 1 aliphatic heterocycles. The van der Waals surface area contributed by atoms with Gasteiger partial charge in [0, 0.05) is 30.7 Å². The van der Waals surface area contributed by atoms with Crippen LogP contribution in [0.3, 0.4) is 0 Å². The van der Waals surface area contributed by atoms with E-state index in [4.69, 9.17) is 0 Å². The fourth-order valence-electron chi connectivity index (χ4n) is 2.61. The largest absolute Gasteiger partial charge is 0.346 e. The zero-order chi connectivity index (χ0) is 15.4. The van der Waals surface area contributed by atoms with Gasteiger partial charge >= 0.3 is 0 Å². The molecule has 1 aliphatic rings. The quantitative estimate of drug-likeness (QED) is 0.874. The first-order valence-electron chi connectivity index (χ1n) is 7.31. The van der Waals surface area contributed by atoms with E-state index < -0.39 is 10.0 Å². The average Bonchev–Trinajstić information content (AvgIpc) is 3.17. The van der Waals surface area contributed by atoms with Crippen LogP contribution in [0.25, 0.3) is 0 Å². The Hall–Kier alpha value is -1.44. The van der Waals surface area contributed by atoms with E-state index in [1.54, 1.807) is 17.5 Å². The summed E-state index contributed by atoms with van der Waals surface area (Å²) in [6.07, 6.45) is 3.14. The van der Waals surface area contributed by atoms with E-state index in [0.29, 0.717) is 13.0 Å². The molecule has 1 aromatic heterocycles. The van der Waals surface area contributed by atoms with Gasteiger partial charge in [-0.1, -0.05) is 30.3 Å². The Labute approximate surface area is 135 Å². The number of aryl methyl sites for hydroxylation is 1. The lowest BCUT2D eigenvalue weighted by molar-refractivity contribution is 0.560. The van der Waals surface area contributed by atoms with Gasteiger partial charge < -0.3 is 4.90 Å². The number of sulfonamides is 1. The van der Waals surface area contributed by atoms with Crippen molar-refractivity contribution in [3.63, 3.8) is 0 Å². The van der Waals surface area contributed by atoms with E-state index in [2.05, 4.69) is 14.6 Å². The molecule has 0 unspecified atom stereocenters. The van der Waals surface area contributed by atoms with E-state index in [1.165, 1.54) is 0 Å². The zero-order valence-electron chi connectivity index (χ0n) is 12.2. The lowest BCUT2D eigenvalue weighted by atomic mass is 10.2. The number of aromatic nitrogens is 1. The second-order valence-electron chi connectivity index (χ2n) is 5.42. The van der Waals surface area contributed by atoms with Crippen molar-refractivity contribution in [2.45, 2.75) is 18.9 Å². The fraction of sp³-hybridized carbons (Fsp3) is 0.400. The molecule has 3 rings (SSSR count). The molecular weight excluding hydrogens is 318 g/mol. The molecule has 1 fully saturated rings. The van der Waals surface area contributed by atoms with E-state index in [-0.39, 0.29) is 11.8 Å². The van der Waals surface area contributed by atoms with Crippen LogP contribution in [-0.2, 0) is 16.4 Å². The number of hydrogen-bond acceptors (Lipinski definition) is 5. The molecule has 118 valence electrons. The van der Waals surface area contributed by atoms with Crippen LogP contribution in [-0.4, -0.2) is 38.3 Å². The highest BCUT2D eigenvalue weighted by molar-refractivity contribution is 7.89. The molecule has 7 heteroatoms. The Morgan fingerprint density at radius 1 is 1.32 bits per heavy atom. The number of thiazole rings is 1. The molecule has 5 nitrogen and oxygen atoms in total. The Bertz CT molecular complexity index is 687. The maximum atomic E-state index is 12.2. The normalized spacial score (nSPS) is 18.7. The molecule has 0 amide bonds.